The third kappa shape index (κ3) is 5.55. The van der Waals surface area contributed by atoms with E-state index in [0.29, 0.717) is 0 Å². The second kappa shape index (κ2) is 7.22. The van der Waals surface area contributed by atoms with Crippen molar-refractivity contribution < 1.29 is 14.3 Å². The Kier molecular flexibility index (Phi) is 5.90. The summed E-state index contributed by atoms with van der Waals surface area (Å²) in [6, 6.07) is 7.96. The summed E-state index contributed by atoms with van der Waals surface area (Å²) in [6.45, 7) is 7.38. The van der Waals surface area contributed by atoms with E-state index in [2.05, 4.69) is 5.32 Å². The molecule has 0 saturated heterocycles. The van der Waals surface area contributed by atoms with Gasteiger partial charge in [0.2, 0.25) is 5.91 Å². The zero-order valence-corrected chi connectivity index (χ0v) is 13.1. The van der Waals surface area contributed by atoms with Crippen LogP contribution in [0.5, 0.6) is 0 Å². The third-order valence-corrected chi connectivity index (χ3v) is 3.15. The van der Waals surface area contributed by atoms with Gasteiger partial charge in [-0.1, -0.05) is 51.1 Å². The minimum atomic E-state index is -0.727. The summed E-state index contributed by atoms with van der Waals surface area (Å²) in [6.07, 6.45) is 0. The van der Waals surface area contributed by atoms with Gasteiger partial charge in [-0.05, 0) is 17.9 Å². The maximum Gasteiger partial charge on any atom is 0.328 e. The van der Waals surface area contributed by atoms with Crippen LogP contribution in [0.3, 0.4) is 0 Å². The average Bonchev–Trinajstić information content (AvgIpc) is 2.43. The molecule has 0 spiro atoms. The van der Waals surface area contributed by atoms with Gasteiger partial charge in [0.05, 0.1) is 6.04 Å². The number of hydrogen-bond acceptors (Lipinski definition) is 4. The second-order valence-corrected chi connectivity index (χ2v) is 6.17. The highest BCUT2D eigenvalue weighted by atomic mass is 16.5. The average molecular weight is 292 g/mol. The van der Waals surface area contributed by atoms with Gasteiger partial charge in [-0.25, -0.2) is 4.79 Å². The van der Waals surface area contributed by atoms with Crippen LogP contribution in [0.25, 0.3) is 0 Å². The van der Waals surface area contributed by atoms with Crippen molar-refractivity contribution in [3.63, 3.8) is 0 Å². The standard InChI is InChI=1S/C16H24N2O3/c1-11(18-14(19)13(17)16(2,3)4)15(20)21-10-12-8-6-5-7-9-12/h5-9,11,13H,10,17H2,1-4H3,(H,18,19)/t11-,13+/m0/s1. The number of nitrogens with two attached hydrogens (primary N) is 1. The highest BCUT2D eigenvalue weighted by Crippen LogP contribution is 2.17. The van der Waals surface area contributed by atoms with E-state index in [9.17, 15) is 9.59 Å². The van der Waals surface area contributed by atoms with Crippen LogP contribution in [0.15, 0.2) is 30.3 Å². The van der Waals surface area contributed by atoms with Crippen molar-refractivity contribution in [2.24, 2.45) is 11.1 Å². The zero-order valence-electron chi connectivity index (χ0n) is 13.1. The van der Waals surface area contributed by atoms with Crippen molar-refractivity contribution in [2.75, 3.05) is 0 Å². The van der Waals surface area contributed by atoms with Gasteiger partial charge >= 0.3 is 5.97 Å². The van der Waals surface area contributed by atoms with Crippen molar-refractivity contribution in [2.45, 2.75) is 46.4 Å². The molecule has 0 aliphatic carbocycles. The first kappa shape index (κ1) is 17.2. The molecule has 0 bridgehead atoms. The molecule has 2 atom stereocenters. The molecule has 0 heterocycles. The Labute approximate surface area is 125 Å². The van der Waals surface area contributed by atoms with Crippen LogP contribution in [0.1, 0.15) is 33.3 Å². The molecular formula is C16H24N2O3. The summed E-state index contributed by atoms with van der Waals surface area (Å²) in [5, 5.41) is 2.58. The quantitative estimate of drug-likeness (QED) is 0.808. The lowest BCUT2D eigenvalue weighted by atomic mass is 9.87. The van der Waals surface area contributed by atoms with Gasteiger partial charge in [0.25, 0.3) is 0 Å². The monoisotopic (exact) mass is 292 g/mol. The van der Waals surface area contributed by atoms with Gasteiger partial charge in [0, 0.05) is 0 Å². The molecule has 1 aromatic carbocycles. The summed E-state index contributed by atoms with van der Waals surface area (Å²) in [7, 11) is 0. The van der Waals surface area contributed by atoms with Crippen molar-refractivity contribution in [1.82, 2.24) is 5.32 Å². The van der Waals surface area contributed by atoms with E-state index in [1.54, 1.807) is 6.92 Å². The number of hydrogen-bond donors (Lipinski definition) is 2. The minimum Gasteiger partial charge on any atom is -0.459 e. The summed E-state index contributed by atoms with van der Waals surface area (Å²) < 4.78 is 5.16. The predicted octanol–water partition coefficient (Wildman–Crippen LogP) is 1.61. The van der Waals surface area contributed by atoms with Crippen LogP contribution in [0, 0.1) is 5.41 Å². The van der Waals surface area contributed by atoms with Gasteiger partial charge < -0.3 is 15.8 Å². The zero-order chi connectivity index (χ0) is 16.0. The number of nitrogens with one attached hydrogen (secondary N) is 1. The molecule has 116 valence electrons. The van der Waals surface area contributed by atoms with Crippen molar-refractivity contribution in [3.05, 3.63) is 35.9 Å². The minimum absolute atomic E-state index is 0.186. The Morgan fingerprint density at radius 3 is 2.33 bits per heavy atom. The van der Waals surface area contributed by atoms with E-state index in [1.807, 2.05) is 51.1 Å². The fourth-order valence-electron chi connectivity index (χ4n) is 1.61. The number of esters is 1. The van der Waals surface area contributed by atoms with Gasteiger partial charge in [-0.15, -0.1) is 0 Å². The van der Waals surface area contributed by atoms with Gasteiger partial charge in [0.15, 0.2) is 0 Å². The maximum absolute atomic E-state index is 11.9. The molecule has 0 aliphatic heterocycles. The molecular weight excluding hydrogens is 268 g/mol. The smallest absolute Gasteiger partial charge is 0.328 e. The first-order valence-electron chi connectivity index (χ1n) is 6.98. The number of carbonyl (C=O) groups is 2. The Morgan fingerprint density at radius 1 is 1.24 bits per heavy atom. The summed E-state index contributed by atoms with van der Waals surface area (Å²) in [4.78, 5) is 23.8. The Hall–Kier alpha value is -1.88. The van der Waals surface area contributed by atoms with Crippen LogP contribution >= 0.6 is 0 Å². The SMILES string of the molecule is C[C@H](NC(=O)[C@@H](N)C(C)(C)C)C(=O)OCc1ccccc1. The second-order valence-electron chi connectivity index (χ2n) is 6.17. The first-order valence-corrected chi connectivity index (χ1v) is 6.98. The molecule has 0 fully saturated rings. The Bertz CT molecular complexity index is 480. The topological polar surface area (TPSA) is 81.4 Å². The van der Waals surface area contributed by atoms with Crippen molar-refractivity contribution in [1.29, 1.82) is 0 Å². The van der Waals surface area contributed by atoms with Gasteiger partial charge in [-0.2, -0.15) is 0 Å². The van der Waals surface area contributed by atoms with E-state index in [1.165, 1.54) is 0 Å². The predicted molar refractivity (Wildman–Crippen MR) is 81.3 cm³/mol. The van der Waals surface area contributed by atoms with Crippen LogP contribution < -0.4 is 11.1 Å². The molecule has 1 amide bonds. The number of rotatable bonds is 5. The Morgan fingerprint density at radius 2 is 1.81 bits per heavy atom. The lowest BCUT2D eigenvalue weighted by Gasteiger charge is -2.26. The lowest BCUT2D eigenvalue weighted by Crippen LogP contribution is -2.52. The van der Waals surface area contributed by atoms with Crippen LogP contribution in [-0.4, -0.2) is 24.0 Å². The van der Waals surface area contributed by atoms with E-state index >= 15 is 0 Å². The molecule has 0 aliphatic rings. The normalized spacial score (nSPS) is 14.1. The first-order chi connectivity index (χ1) is 9.71. The molecule has 0 saturated carbocycles. The highest BCUT2D eigenvalue weighted by Gasteiger charge is 2.29. The molecule has 3 N–H and O–H groups in total. The lowest BCUT2D eigenvalue weighted by molar-refractivity contribution is -0.149. The Balaban J connectivity index is 2.46. The summed E-state index contributed by atoms with van der Waals surface area (Å²) >= 11 is 0. The molecule has 0 unspecified atom stereocenters. The van der Waals surface area contributed by atoms with Crippen molar-refractivity contribution >= 4 is 11.9 Å². The van der Waals surface area contributed by atoms with E-state index < -0.39 is 18.1 Å². The molecule has 5 nitrogen and oxygen atoms in total. The molecule has 21 heavy (non-hydrogen) atoms. The fourth-order valence-corrected chi connectivity index (χ4v) is 1.61. The number of benzene rings is 1. The van der Waals surface area contributed by atoms with E-state index in [4.69, 9.17) is 10.5 Å². The van der Waals surface area contributed by atoms with Gasteiger partial charge in [-0.3, -0.25) is 4.79 Å². The molecule has 5 heteroatoms. The third-order valence-electron chi connectivity index (χ3n) is 3.15. The number of amides is 1. The largest absolute Gasteiger partial charge is 0.459 e. The number of carbonyl (C=O) groups excluding carboxylic acids is 2. The van der Waals surface area contributed by atoms with E-state index in [-0.39, 0.29) is 17.9 Å². The molecule has 1 rings (SSSR count). The van der Waals surface area contributed by atoms with E-state index in [0.717, 1.165) is 5.56 Å². The van der Waals surface area contributed by atoms with Crippen LogP contribution in [-0.2, 0) is 20.9 Å². The molecule has 0 radical (unpaired) electrons. The van der Waals surface area contributed by atoms with Crippen LogP contribution in [0.4, 0.5) is 0 Å². The molecule has 0 aromatic heterocycles. The summed E-state index contributed by atoms with van der Waals surface area (Å²) in [5.41, 5.74) is 6.38. The maximum atomic E-state index is 11.9. The summed E-state index contributed by atoms with van der Waals surface area (Å²) in [5.74, 6) is -0.833. The van der Waals surface area contributed by atoms with Crippen molar-refractivity contribution in [3.8, 4) is 0 Å². The molecule has 1 aromatic rings. The highest BCUT2D eigenvalue weighted by molar-refractivity contribution is 5.87. The van der Waals surface area contributed by atoms with Crippen LogP contribution in [0.2, 0.25) is 0 Å². The number of ether oxygens (including phenoxy) is 1. The fraction of sp³-hybridized carbons (Fsp3) is 0.500. The van der Waals surface area contributed by atoms with Gasteiger partial charge in [0.1, 0.15) is 12.6 Å².